The summed E-state index contributed by atoms with van der Waals surface area (Å²) in [6.45, 7) is 9.88. The fourth-order valence-corrected chi connectivity index (χ4v) is 3.05. The Bertz CT molecular complexity index is 1050. The lowest BCUT2D eigenvalue weighted by atomic mass is 10.1. The number of halogens is 2. The highest BCUT2D eigenvalue weighted by molar-refractivity contribution is 6.30. The molecule has 0 spiro atoms. The van der Waals surface area contributed by atoms with Crippen molar-refractivity contribution in [1.82, 2.24) is 14.4 Å². The lowest BCUT2D eigenvalue weighted by Gasteiger charge is -2.11. The third-order valence-electron chi connectivity index (χ3n) is 4.39. The Balaban J connectivity index is 0.000000707. The fraction of sp³-hybridized carbons (Fsp3) is 0.381. The van der Waals surface area contributed by atoms with Crippen molar-refractivity contribution in [3.05, 3.63) is 41.4 Å². The van der Waals surface area contributed by atoms with Crippen molar-refractivity contribution in [2.24, 2.45) is 11.7 Å². The maximum Gasteiger partial charge on any atom is 0.231 e. The average Bonchev–Trinajstić information content (AvgIpc) is 3.37. The minimum Gasteiger partial charge on any atom is -0.404 e. The molecule has 0 radical (unpaired) electrons. The fourth-order valence-electron chi connectivity index (χ4n) is 2.83. The van der Waals surface area contributed by atoms with Gasteiger partial charge in [-0.25, -0.2) is 14.4 Å². The first-order chi connectivity index (χ1) is 14.0. The summed E-state index contributed by atoms with van der Waals surface area (Å²) in [6, 6.07) is 3.62. The number of carbonyl (C=O) groups excluding carboxylic acids is 1. The van der Waals surface area contributed by atoms with E-state index in [1.807, 2.05) is 40.7 Å². The van der Waals surface area contributed by atoms with E-state index in [4.69, 9.17) is 17.3 Å². The summed E-state index contributed by atoms with van der Waals surface area (Å²) in [5.74, 6) is -0.582. The molecule has 1 aliphatic carbocycles. The van der Waals surface area contributed by atoms with Crippen molar-refractivity contribution in [2.75, 3.05) is 5.32 Å². The number of aromatic nitrogens is 3. The van der Waals surface area contributed by atoms with Crippen LogP contribution in [0.1, 0.15) is 46.6 Å². The molecule has 4 rings (SSSR count). The number of allylic oxidation sites excluding steroid dienone is 1. The van der Waals surface area contributed by atoms with Gasteiger partial charge in [0.2, 0.25) is 5.91 Å². The highest BCUT2D eigenvalue weighted by atomic mass is 35.5. The minimum absolute atomic E-state index is 0.269. The first-order valence-electron chi connectivity index (χ1n) is 9.79. The summed E-state index contributed by atoms with van der Waals surface area (Å²) < 4.78 is 14.8. The zero-order valence-electron chi connectivity index (χ0n) is 17.3. The third-order valence-corrected chi connectivity index (χ3v) is 4.65. The number of anilines is 1. The van der Waals surface area contributed by atoms with E-state index >= 15 is 0 Å². The summed E-state index contributed by atoms with van der Waals surface area (Å²) in [5, 5.41) is 3.90. The van der Waals surface area contributed by atoms with E-state index in [2.05, 4.69) is 15.3 Å². The topological polar surface area (TPSA) is 85.3 Å². The lowest BCUT2D eigenvalue weighted by Crippen LogP contribution is -2.16. The Kier molecular flexibility index (Phi) is 7.56. The van der Waals surface area contributed by atoms with E-state index in [-0.39, 0.29) is 12.3 Å². The van der Waals surface area contributed by atoms with E-state index in [9.17, 15) is 9.18 Å². The van der Waals surface area contributed by atoms with Crippen LogP contribution in [-0.2, 0) is 4.79 Å². The van der Waals surface area contributed by atoms with E-state index < -0.39 is 12.1 Å². The number of hydrogen-bond acceptors (Lipinski definition) is 4. The summed E-state index contributed by atoms with van der Waals surface area (Å²) in [5.41, 5.74) is 8.74. The van der Waals surface area contributed by atoms with Crippen LogP contribution in [0.3, 0.4) is 0 Å². The van der Waals surface area contributed by atoms with Crippen molar-refractivity contribution in [1.29, 1.82) is 0 Å². The van der Waals surface area contributed by atoms with Gasteiger partial charge in [-0.1, -0.05) is 39.3 Å². The number of hydrogen-bond donors (Lipinski definition) is 2. The number of pyridine rings is 2. The molecule has 29 heavy (non-hydrogen) atoms. The maximum absolute atomic E-state index is 13.0. The van der Waals surface area contributed by atoms with Crippen molar-refractivity contribution >= 4 is 45.4 Å². The SMILES string of the molecule is C/C(=C\N)c1cc2cnc(NC(=O)C3CC3F)cc2n2c(Cl)cnc12.CC.CC. The molecule has 2 unspecified atom stereocenters. The second kappa shape index (κ2) is 9.69. The molecule has 1 aliphatic rings. The molecule has 3 aromatic heterocycles. The average molecular weight is 420 g/mol. The van der Waals surface area contributed by atoms with Crippen LogP contribution in [-0.4, -0.2) is 26.4 Å². The van der Waals surface area contributed by atoms with E-state index in [0.717, 1.165) is 22.0 Å². The number of rotatable bonds is 3. The molecular weight excluding hydrogens is 393 g/mol. The molecule has 8 heteroatoms. The van der Waals surface area contributed by atoms with Gasteiger partial charge < -0.3 is 11.1 Å². The largest absolute Gasteiger partial charge is 0.404 e. The Hall–Kier alpha value is -2.67. The normalized spacial score (nSPS) is 17.8. The van der Waals surface area contributed by atoms with Gasteiger partial charge in [0.1, 0.15) is 22.8 Å². The van der Waals surface area contributed by atoms with Crippen LogP contribution in [0.25, 0.3) is 22.1 Å². The standard InChI is InChI=1S/C17H15ClFN5O.2C2H6/c1-8(5-20)10-2-9-6-21-15(23-17(25)11-3-12(11)19)4-13(9)24-14(18)7-22-16(10)24;2*1-2/h2,4-7,11-12H,3,20H2,1H3,(H,21,23,25);2*1-2H3/b8-5+;;. The number of nitrogens with two attached hydrogens (primary N) is 1. The van der Waals surface area contributed by atoms with Crippen molar-refractivity contribution in [3.63, 3.8) is 0 Å². The van der Waals surface area contributed by atoms with Crippen LogP contribution in [0.4, 0.5) is 10.2 Å². The zero-order valence-corrected chi connectivity index (χ0v) is 18.1. The van der Waals surface area contributed by atoms with Crippen LogP contribution in [0.15, 0.2) is 30.7 Å². The second-order valence-corrected chi connectivity index (χ2v) is 6.51. The first kappa shape index (κ1) is 22.6. The van der Waals surface area contributed by atoms with Gasteiger partial charge >= 0.3 is 0 Å². The van der Waals surface area contributed by atoms with Crippen molar-refractivity contribution < 1.29 is 9.18 Å². The molecule has 0 saturated heterocycles. The molecule has 0 bridgehead atoms. The quantitative estimate of drug-likeness (QED) is 0.610. The molecule has 2 atom stereocenters. The van der Waals surface area contributed by atoms with Crippen LogP contribution in [0, 0.1) is 5.92 Å². The third kappa shape index (κ3) is 4.50. The number of amides is 1. The van der Waals surface area contributed by atoms with Gasteiger partial charge in [0, 0.05) is 23.2 Å². The van der Waals surface area contributed by atoms with E-state index in [1.165, 1.54) is 6.20 Å². The lowest BCUT2D eigenvalue weighted by molar-refractivity contribution is -0.117. The van der Waals surface area contributed by atoms with Gasteiger partial charge in [-0.3, -0.25) is 9.20 Å². The first-order valence-corrected chi connectivity index (χ1v) is 10.2. The Morgan fingerprint density at radius 2 is 1.93 bits per heavy atom. The van der Waals surface area contributed by atoms with Crippen LogP contribution >= 0.6 is 11.6 Å². The summed E-state index contributed by atoms with van der Waals surface area (Å²) in [6.07, 6.45) is 3.91. The van der Waals surface area contributed by atoms with Gasteiger partial charge in [-0.05, 0) is 31.2 Å². The van der Waals surface area contributed by atoms with Crippen molar-refractivity contribution in [3.8, 4) is 0 Å². The number of imidazole rings is 1. The molecule has 3 heterocycles. The molecule has 156 valence electrons. The monoisotopic (exact) mass is 419 g/mol. The highest BCUT2D eigenvalue weighted by Crippen LogP contribution is 2.35. The minimum atomic E-state index is -1.05. The van der Waals surface area contributed by atoms with Crippen molar-refractivity contribution in [2.45, 2.75) is 47.2 Å². The van der Waals surface area contributed by atoms with Gasteiger partial charge in [0.05, 0.1) is 17.6 Å². The predicted molar refractivity (Wildman–Crippen MR) is 118 cm³/mol. The molecule has 1 saturated carbocycles. The Morgan fingerprint density at radius 1 is 1.28 bits per heavy atom. The second-order valence-electron chi connectivity index (χ2n) is 6.12. The smallest absolute Gasteiger partial charge is 0.231 e. The number of alkyl halides is 1. The molecule has 3 aromatic rings. The number of nitrogens with one attached hydrogen (secondary N) is 1. The van der Waals surface area contributed by atoms with Crippen LogP contribution < -0.4 is 11.1 Å². The van der Waals surface area contributed by atoms with Gasteiger partial charge in [0.15, 0.2) is 0 Å². The van der Waals surface area contributed by atoms with Gasteiger partial charge in [0.25, 0.3) is 0 Å². The Labute approximate surface area is 175 Å². The molecular formula is C21H27ClFN5O. The van der Waals surface area contributed by atoms with E-state index in [1.54, 1.807) is 22.9 Å². The number of fused-ring (bicyclic) bond motifs is 3. The maximum atomic E-state index is 13.0. The van der Waals surface area contributed by atoms with Crippen LogP contribution in [0.5, 0.6) is 0 Å². The molecule has 1 fully saturated rings. The zero-order chi connectivity index (χ0) is 21.7. The molecule has 6 nitrogen and oxygen atoms in total. The molecule has 1 amide bonds. The molecule has 3 N–H and O–H groups in total. The van der Waals surface area contributed by atoms with E-state index in [0.29, 0.717) is 16.6 Å². The number of nitrogens with zero attached hydrogens (tertiary/aromatic N) is 3. The molecule has 0 aromatic carbocycles. The summed E-state index contributed by atoms with van der Waals surface area (Å²) >= 11 is 6.30. The number of carbonyl (C=O) groups is 1. The highest BCUT2D eigenvalue weighted by Gasteiger charge is 2.43. The predicted octanol–water partition coefficient (Wildman–Crippen LogP) is 5.20. The Morgan fingerprint density at radius 3 is 2.52 bits per heavy atom. The summed E-state index contributed by atoms with van der Waals surface area (Å²) in [7, 11) is 0. The molecule has 0 aliphatic heterocycles. The summed E-state index contributed by atoms with van der Waals surface area (Å²) in [4.78, 5) is 20.5. The van der Waals surface area contributed by atoms with Gasteiger partial charge in [-0.15, -0.1) is 0 Å². The van der Waals surface area contributed by atoms with Gasteiger partial charge in [-0.2, -0.15) is 0 Å². The van der Waals surface area contributed by atoms with Crippen LogP contribution in [0.2, 0.25) is 5.15 Å².